The lowest BCUT2D eigenvalue weighted by atomic mass is 9.99. The summed E-state index contributed by atoms with van der Waals surface area (Å²) in [6.07, 6.45) is -7.74. The fourth-order valence-electron chi connectivity index (χ4n) is 4.96. The van der Waals surface area contributed by atoms with E-state index in [4.69, 9.17) is 9.47 Å². The van der Waals surface area contributed by atoms with Crippen molar-refractivity contribution in [3.05, 3.63) is 59.2 Å². The Balaban J connectivity index is 1.56. The summed E-state index contributed by atoms with van der Waals surface area (Å²) in [5.41, 5.74) is -3.81. The van der Waals surface area contributed by atoms with Gasteiger partial charge in [-0.25, -0.2) is 0 Å². The molecule has 2 fully saturated rings. The van der Waals surface area contributed by atoms with Crippen molar-refractivity contribution in [2.45, 2.75) is 41.0 Å². The van der Waals surface area contributed by atoms with E-state index in [1.165, 1.54) is 18.1 Å². The number of hydrogen-bond donors (Lipinski definition) is 1. The second kappa shape index (κ2) is 14.0. The van der Waals surface area contributed by atoms with Crippen molar-refractivity contribution in [1.82, 2.24) is 9.80 Å². The van der Waals surface area contributed by atoms with Crippen LogP contribution in [0, 0.1) is 0 Å². The molecule has 0 atom stereocenters. The zero-order chi connectivity index (χ0) is 31.2. The smallest absolute Gasteiger partial charge is 0.382 e. The molecule has 2 aromatic carbocycles. The van der Waals surface area contributed by atoms with Crippen LogP contribution in [0.1, 0.15) is 29.5 Å². The quantitative estimate of drug-likeness (QED) is 0.294. The second-order valence-corrected chi connectivity index (χ2v) is 11.1. The number of morpholine rings is 1. The van der Waals surface area contributed by atoms with Gasteiger partial charge in [0.05, 0.1) is 24.3 Å². The van der Waals surface area contributed by atoms with Crippen molar-refractivity contribution in [3.63, 3.8) is 0 Å². The van der Waals surface area contributed by atoms with Crippen LogP contribution in [0.15, 0.2) is 52.3 Å². The minimum atomic E-state index is -5.34. The Morgan fingerprint density at radius 3 is 2.28 bits per heavy atom. The fourth-order valence-corrected chi connectivity index (χ4v) is 6.00. The van der Waals surface area contributed by atoms with Crippen LogP contribution in [-0.2, 0) is 31.4 Å². The van der Waals surface area contributed by atoms with Crippen molar-refractivity contribution in [3.8, 4) is 0 Å². The van der Waals surface area contributed by atoms with Gasteiger partial charge in [-0.05, 0) is 48.7 Å². The van der Waals surface area contributed by atoms with E-state index in [0.717, 1.165) is 24.3 Å². The van der Waals surface area contributed by atoms with Gasteiger partial charge in [0.2, 0.25) is 11.8 Å². The number of methoxy groups -OCH3 is 1. The number of nitrogens with zero attached hydrogens (tertiary/aromatic N) is 2. The van der Waals surface area contributed by atoms with E-state index in [9.17, 15) is 35.9 Å². The summed E-state index contributed by atoms with van der Waals surface area (Å²) in [5.74, 6) is -0.719. The molecule has 0 aromatic heterocycles. The first kappa shape index (κ1) is 32.7. The molecule has 0 unspecified atom stereocenters. The molecule has 43 heavy (non-hydrogen) atoms. The van der Waals surface area contributed by atoms with Crippen LogP contribution in [-0.4, -0.2) is 80.8 Å². The first-order valence-corrected chi connectivity index (χ1v) is 14.4. The van der Waals surface area contributed by atoms with Gasteiger partial charge in [0.25, 0.3) is 0 Å². The molecule has 2 aromatic rings. The van der Waals surface area contributed by atoms with E-state index < -0.39 is 39.8 Å². The van der Waals surface area contributed by atoms with Gasteiger partial charge >= 0.3 is 12.4 Å². The van der Waals surface area contributed by atoms with Gasteiger partial charge in [-0.3, -0.25) is 9.59 Å². The van der Waals surface area contributed by atoms with Crippen LogP contribution in [0.5, 0.6) is 0 Å². The Morgan fingerprint density at radius 1 is 0.977 bits per heavy atom. The number of benzene rings is 2. The predicted molar refractivity (Wildman–Crippen MR) is 149 cm³/mol. The van der Waals surface area contributed by atoms with Crippen LogP contribution < -0.4 is 5.32 Å². The van der Waals surface area contributed by atoms with Gasteiger partial charge in [0, 0.05) is 60.9 Å². The molecule has 2 saturated heterocycles. The van der Waals surface area contributed by atoms with E-state index in [-0.39, 0.29) is 44.9 Å². The maximum atomic E-state index is 14.3. The molecular weight excluding hydrogens is 600 g/mol. The first-order valence-electron chi connectivity index (χ1n) is 13.5. The number of nitrogens with one attached hydrogen (secondary N) is 1. The van der Waals surface area contributed by atoms with Gasteiger partial charge in [0.15, 0.2) is 0 Å². The number of hydrogen-bond acceptors (Lipinski definition) is 6. The zero-order valence-electron chi connectivity index (χ0n) is 23.3. The maximum absolute atomic E-state index is 14.3. The number of anilines is 1. The van der Waals surface area contributed by atoms with Crippen molar-refractivity contribution in [2.75, 3.05) is 58.4 Å². The number of rotatable bonds is 8. The molecular formula is C29H31F6N3O4S. The molecule has 2 aliphatic heterocycles. The normalized spacial score (nSPS) is 17.0. The number of likely N-dealkylation sites (tertiary alicyclic amines) is 1. The Bertz CT molecular complexity index is 1320. The van der Waals surface area contributed by atoms with Gasteiger partial charge < -0.3 is 24.6 Å². The molecule has 0 bridgehead atoms. The van der Waals surface area contributed by atoms with Crippen molar-refractivity contribution in [2.24, 2.45) is 0 Å². The molecule has 1 N–H and O–H groups in total. The van der Waals surface area contributed by atoms with Crippen LogP contribution >= 0.6 is 11.8 Å². The topological polar surface area (TPSA) is 71.1 Å². The molecule has 2 heterocycles. The zero-order valence-corrected chi connectivity index (χ0v) is 24.1. The lowest BCUT2D eigenvalue weighted by Gasteiger charge is -2.32. The Kier molecular flexibility index (Phi) is 10.7. The van der Waals surface area contributed by atoms with Crippen molar-refractivity contribution < 1.29 is 45.4 Å². The summed E-state index contributed by atoms with van der Waals surface area (Å²) in [6, 6.07) is 8.37. The predicted octanol–water partition coefficient (Wildman–Crippen LogP) is 5.80. The van der Waals surface area contributed by atoms with Crippen molar-refractivity contribution in [1.29, 1.82) is 0 Å². The molecule has 2 aliphatic rings. The molecule has 7 nitrogen and oxygen atoms in total. The maximum Gasteiger partial charge on any atom is 0.418 e. The number of carbonyl (C=O) groups is 2. The third-order valence-electron chi connectivity index (χ3n) is 7.04. The van der Waals surface area contributed by atoms with E-state index in [2.05, 4.69) is 5.32 Å². The van der Waals surface area contributed by atoms with E-state index in [1.54, 1.807) is 23.1 Å². The molecule has 2 amide bonds. The number of amides is 2. The van der Waals surface area contributed by atoms with Crippen LogP contribution in [0.2, 0.25) is 0 Å². The minimum absolute atomic E-state index is 0.000608. The van der Waals surface area contributed by atoms with E-state index in [1.807, 2.05) is 0 Å². The lowest BCUT2D eigenvalue weighted by molar-refractivity contribution is -0.163. The average Bonchev–Trinajstić information content (AvgIpc) is 2.96. The SMILES string of the molecule is COCC(=O)N1CCC(Nc2cccc(Sc3ccc(C=CC(=O)N4CCOCC4)c(C(F)(F)F)c3C(F)(F)F)c2)CC1. The van der Waals surface area contributed by atoms with Crippen molar-refractivity contribution >= 4 is 35.3 Å². The van der Waals surface area contributed by atoms with Crippen LogP contribution in [0.25, 0.3) is 6.08 Å². The largest absolute Gasteiger partial charge is 0.418 e. The number of ether oxygens (including phenoxy) is 2. The third-order valence-corrected chi connectivity index (χ3v) is 8.09. The third kappa shape index (κ3) is 8.67. The number of carbonyl (C=O) groups excluding carboxylic acids is 2. The summed E-state index contributed by atoms with van der Waals surface area (Å²) in [7, 11) is 1.44. The van der Waals surface area contributed by atoms with Gasteiger partial charge in [-0.1, -0.05) is 23.9 Å². The fraction of sp³-hybridized carbons (Fsp3) is 0.448. The van der Waals surface area contributed by atoms with Gasteiger partial charge in [0.1, 0.15) is 6.61 Å². The minimum Gasteiger partial charge on any atom is -0.382 e. The molecule has 14 heteroatoms. The highest BCUT2D eigenvalue weighted by molar-refractivity contribution is 7.99. The van der Waals surface area contributed by atoms with Gasteiger partial charge in [-0.2, -0.15) is 26.3 Å². The second-order valence-electron chi connectivity index (χ2n) is 10.0. The van der Waals surface area contributed by atoms with E-state index >= 15 is 0 Å². The number of piperidine rings is 1. The lowest BCUT2D eigenvalue weighted by Crippen LogP contribution is -2.43. The Hall–Kier alpha value is -3.23. The number of halogens is 6. The summed E-state index contributed by atoms with van der Waals surface area (Å²) in [4.78, 5) is 27.2. The monoisotopic (exact) mass is 631 g/mol. The number of alkyl halides is 6. The Morgan fingerprint density at radius 2 is 1.65 bits per heavy atom. The highest BCUT2D eigenvalue weighted by Crippen LogP contribution is 2.48. The highest BCUT2D eigenvalue weighted by Gasteiger charge is 2.46. The summed E-state index contributed by atoms with van der Waals surface area (Å²) < 4.78 is 95.4. The highest BCUT2D eigenvalue weighted by atomic mass is 32.2. The first-order chi connectivity index (χ1) is 20.4. The molecule has 0 radical (unpaired) electrons. The van der Waals surface area contributed by atoms with E-state index in [0.29, 0.717) is 48.3 Å². The molecule has 4 rings (SSSR count). The summed E-state index contributed by atoms with van der Waals surface area (Å²) in [5, 5.41) is 3.30. The average molecular weight is 632 g/mol. The summed E-state index contributed by atoms with van der Waals surface area (Å²) >= 11 is 0.573. The molecule has 0 spiro atoms. The standard InChI is InChI=1S/C29H31F6N3O4S/c1-41-18-25(40)37-11-9-20(10-12-37)36-21-3-2-4-22(17-21)43-23-7-5-19(6-8-24(39)38-13-15-42-16-14-38)26(28(30,31)32)27(23)29(33,34)35/h2-8,17,20,36H,9-16,18H2,1H3. The van der Waals surface area contributed by atoms with Crippen LogP contribution in [0.3, 0.4) is 0 Å². The summed E-state index contributed by atoms with van der Waals surface area (Å²) in [6.45, 7) is 2.04. The van der Waals surface area contributed by atoms with Gasteiger partial charge in [-0.15, -0.1) is 0 Å². The Labute approximate surface area is 249 Å². The molecule has 0 aliphatic carbocycles. The van der Waals surface area contributed by atoms with Crippen LogP contribution in [0.4, 0.5) is 32.0 Å². The molecule has 0 saturated carbocycles. The molecule has 234 valence electrons.